The number of likely N-dealkylation sites (tertiary alicyclic amines) is 1. The van der Waals surface area contributed by atoms with E-state index >= 15 is 0 Å². The molecule has 0 spiro atoms. The minimum absolute atomic E-state index is 0.0757. The molecule has 0 bridgehead atoms. The summed E-state index contributed by atoms with van der Waals surface area (Å²) in [4.78, 5) is 18.8. The van der Waals surface area contributed by atoms with Gasteiger partial charge in [-0.1, -0.05) is 12.1 Å². The number of aromatic nitrogens is 1. The predicted molar refractivity (Wildman–Crippen MR) is 116 cm³/mol. The Kier molecular flexibility index (Phi) is 6.48. The molecule has 10 heteroatoms. The van der Waals surface area contributed by atoms with E-state index in [9.17, 15) is 31.1 Å². The monoisotopic (exact) mass is 494 g/mol. The fourth-order valence-corrected chi connectivity index (χ4v) is 4.10. The van der Waals surface area contributed by atoms with Crippen molar-refractivity contribution in [1.82, 2.24) is 9.88 Å². The largest absolute Gasteiger partial charge is 0.495 e. The van der Waals surface area contributed by atoms with Gasteiger partial charge < -0.3 is 9.64 Å². The molecule has 1 aliphatic heterocycles. The molecule has 1 unspecified atom stereocenters. The molecule has 1 aliphatic rings. The molecule has 0 saturated carbocycles. The van der Waals surface area contributed by atoms with Gasteiger partial charge in [0.2, 0.25) is 0 Å². The van der Waals surface area contributed by atoms with Gasteiger partial charge in [0.05, 0.1) is 24.4 Å². The summed E-state index contributed by atoms with van der Waals surface area (Å²) >= 11 is 0. The van der Waals surface area contributed by atoms with Crippen LogP contribution in [0.25, 0.3) is 11.1 Å². The Morgan fingerprint density at radius 2 is 1.54 bits per heavy atom. The van der Waals surface area contributed by atoms with E-state index in [1.165, 1.54) is 31.4 Å². The molecule has 35 heavy (non-hydrogen) atoms. The van der Waals surface area contributed by atoms with Gasteiger partial charge in [-0.3, -0.25) is 9.78 Å². The summed E-state index contributed by atoms with van der Waals surface area (Å²) in [6.07, 6.45) is -5.83. The highest BCUT2D eigenvalue weighted by Gasteiger charge is 2.37. The van der Waals surface area contributed by atoms with Gasteiger partial charge in [0.1, 0.15) is 5.75 Å². The van der Waals surface area contributed by atoms with Crippen LogP contribution in [0.3, 0.4) is 0 Å². The van der Waals surface area contributed by atoms with Gasteiger partial charge in [-0.05, 0) is 59.5 Å². The van der Waals surface area contributed by atoms with Crippen LogP contribution >= 0.6 is 0 Å². The van der Waals surface area contributed by atoms with E-state index in [0.717, 1.165) is 12.0 Å². The number of benzene rings is 2. The second kappa shape index (κ2) is 9.24. The summed E-state index contributed by atoms with van der Waals surface area (Å²) in [7, 11) is 1.54. The van der Waals surface area contributed by atoms with Gasteiger partial charge in [-0.2, -0.15) is 26.3 Å². The maximum Gasteiger partial charge on any atom is 0.416 e. The molecule has 2 aromatic carbocycles. The Morgan fingerprint density at radius 1 is 0.914 bits per heavy atom. The summed E-state index contributed by atoms with van der Waals surface area (Å²) in [5, 5.41) is 0. The number of rotatable bonds is 4. The number of carbonyl (C=O) groups is 1. The number of hydrogen-bond donors (Lipinski definition) is 0. The minimum atomic E-state index is -4.93. The zero-order valence-electron chi connectivity index (χ0n) is 18.5. The van der Waals surface area contributed by atoms with Crippen LogP contribution in [0.4, 0.5) is 26.3 Å². The molecule has 0 N–H and O–H groups in total. The van der Waals surface area contributed by atoms with E-state index in [0.29, 0.717) is 36.5 Å². The minimum Gasteiger partial charge on any atom is -0.495 e. The maximum absolute atomic E-state index is 13.2. The van der Waals surface area contributed by atoms with Gasteiger partial charge in [0.15, 0.2) is 0 Å². The maximum atomic E-state index is 13.2. The fourth-order valence-electron chi connectivity index (χ4n) is 4.10. The van der Waals surface area contributed by atoms with E-state index in [-0.39, 0.29) is 29.0 Å². The second-order valence-corrected chi connectivity index (χ2v) is 8.27. The van der Waals surface area contributed by atoms with E-state index in [1.807, 2.05) is 6.07 Å². The highest BCUT2D eigenvalue weighted by molar-refractivity contribution is 5.95. The number of ether oxygens (including phenoxy) is 1. The molecule has 1 amide bonds. The summed E-state index contributed by atoms with van der Waals surface area (Å²) in [5.74, 6) is 0.424. The molecule has 184 valence electrons. The average molecular weight is 494 g/mol. The van der Waals surface area contributed by atoms with E-state index in [1.54, 1.807) is 17.3 Å². The summed E-state index contributed by atoms with van der Waals surface area (Å²) in [6.45, 7) is 0.961. The number of alkyl halides is 6. The fraction of sp³-hybridized carbons (Fsp3) is 0.280. The van der Waals surface area contributed by atoms with Crippen LogP contribution in [-0.4, -0.2) is 36.0 Å². The Hall–Kier alpha value is -3.56. The molecule has 3 aromatic rings. The van der Waals surface area contributed by atoms with Crippen molar-refractivity contribution in [2.24, 2.45) is 0 Å². The zero-order chi connectivity index (χ0) is 25.4. The molecule has 1 aromatic heterocycles. The Morgan fingerprint density at radius 3 is 2.11 bits per heavy atom. The molecule has 2 heterocycles. The third-order valence-corrected chi connectivity index (χ3v) is 5.97. The number of pyridine rings is 1. The van der Waals surface area contributed by atoms with Crippen LogP contribution in [0.2, 0.25) is 0 Å². The lowest BCUT2D eigenvalue weighted by Crippen LogP contribution is -2.28. The third-order valence-electron chi connectivity index (χ3n) is 5.97. The molecular weight excluding hydrogens is 474 g/mol. The first-order chi connectivity index (χ1) is 16.5. The van der Waals surface area contributed by atoms with E-state index in [2.05, 4.69) is 4.98 Å². The second-order valence-electron chi connectivity index (χ2n) is 8.27. The molecule has 0 radical (unpaired) electrons. The number of nitrogens with zero attached hydrogens (tertiary/aromatic N) is 2. The summed E-state index contributed by atoms with van der Waals surface area (Å²) in [5.41, 5.74) is -1.64. The van der Waals surface area contributed by atoms with Crippen molar-refractivity contribution >= 4 is 5.91 Å². The molecular formula is C25H20F6N2O2. The van der Waals surface area contributed by atoms with Gasteiger partial charge in [-0.15, -0.1) is 0 Å². The zero-order valence-corrected chi connectivity index (χ0v) is 18.5. The van der Waals surface area contributed by atoms with Crippen molar-refractivity contribution in [3.8, 4) is 16.9 Å². The van der Waals surface area contributed by atoms with Crippen LogP contribution in [-0.2, 0) is 12.4 Å². The summed E-state index contributed by atoms with van der Waals surface area (Å²) < 4.78 is 84.2. The lowest BCUT2D eigenvalue weighted by atomic mass is 9.98. The topological polar surface area (TPSA) is 42.4 Å². The quantitative estimate of drug-likeness (QED) is 0.393. The van der Waals surface area contributed by atoms with Gasteiger partial charge >= 0.3 is 12.4 Å². The standard InChI is InChI=1S/C25H20F6N2O2/c1-35-22-10-19(12-32-13-22)17-6-7-33(14-17)23(34)16-4-2-15(3-5-16)18-8-20(24(26,27)28)11-21(9-18)25(29,30)31/h2-5,8-13,17H,6-7,14H2,1H3. The SMILES string of the molecule is COc1cncc(C2CCN(C(=O)c3ccc(-c4cc(C(F)(F)F)cc(C(F)(F)F)c4)cc3)C2)c1. The first kappa shape index (κ1) is 24.6. The number of methoxy groups -OCH3 is 1. The molecule has 1 saturated heterocycles. The average Bonchev–Trinajstić information content (AvgIpc) is 3.33. The Balaban J connectivity index is 1.54. The number of carbonyl (C=O) groups excluding carboxylic acids is 1. The number of halogens is 6. The van der Waals surface area contributed by atoms with Crippen molar-refractivity contribution in [3.63, 3.8) is 0 Å². The van der Waals surface area contributed by atoms with Crippen molar-refractivity contribution in [1.29, 1.82) is 0 Å². The van der Waals surface area contributed by atoms with Crippen LogP contribution < -0.4 is 4.74 Å². The van der Waals surface area contributed by atoms with E-state index in [4.69, 9.17) is 4.74 Å². The number of amides is 1. The predicted octanol–water partition coefficient (Wildman–Crippen LogP) is 6.42. The molecule has 1 fully saturated rings. The lowest BCUT2D eigenvalue weighted by Gasteiger charge is -2.17. The van der Waals surface area contributed by atoms with Crippen LogP contribution in [0, 0.1) is 0 Å². The molecule has 1 atom stereocenters. The normalized spacial score (nSPS) is 16.4. The molecule has 4 rings (SSSR count). The van der Waals surface area contributed by atoms with Crippen LogP contribution in [0.1, 0.15) is 39.4 Å². The third kappa shape index (κ3) is 5.41. The first-order valence-corrected chi connectivity index (χ1v) is 10.6. The molecule has 4 nitrogen and oxygen atoms in total. The highest BCUT2D eigenvalue weighted by Crippen LogP contribution is 2.39. The van der Waals surface area contributed by atoms with Crippen LogP contribution in [0.15, 0.2) is 60.9 Å². The summed E-state index contributed by atoms with van der Waals surface area (Å²) in [6, 6.07) is 8.80. The van der Waals surface area contributed by atoms with Crippen molar-refractivity contribution in [3.05, 3.63) is 83.2 Å². The van der Waals surface area contributed by atoms with Gasteiger partial charge in [0, 0.05) is 30.8 Å². The van der Waals surface area contributed by atoms with Crippen molar-refractivity contribution in [2.75, 3.05) is 20.2 Å². The highest BCUT2D eigenvalue weighted by atomic mass is 19.4. The van der Waals surface area contributed by atoms with Crippen LogP contribution in [0.5, 0.6) is 5.75 Å². The van der Waals surface area contributed by atoms with Crippen molar-refractivity contribution in [2.45, 2.75) is 24.7 Å². The van der Waals surface area contributed by atoms with Gasteiger partial charge in [0.25, 0.3) is 5.91 Å². The molecule has 0 aliphatic carbocycles. The lowest BCUT2D eigenvalue weighted by molar-refractivity contribution is -0.143. The smallest absolute Gasteiger partial charge is 0.416 e. The first-order valence-electron chi connectivity index (χ1n) is 10.6. The Bertz CT molecular complexity index is 1190. The van der Waals surface area contributed by atoms with E-state index < -0.39 is 23.5 Å². The van der Waals surface area contributed by atoms with Gasteiger partial charge in [-0.25, -0.2) is 0 Å². The Labute approximate surface area is 197 Å². The van der Waals surface area contributed by atoms with Crippen molar-refractivity contribution < 1.29 is 35.9 Å². The number of hydrogen-bond acceptors (Lipinski definition) is 3.